The van der Waals surface area contributed by atoms with E-state index >= 15 is 0 Å². The highest BCUT2D eigenvalue weighted by Gasteiger charge is 2.22. The van der Waals surface area contributed by atoms with Gasteiger partial charge in [-0.15, -0.1) is 0 Å². The van der Waals surface area contributed by atoms with Crippen LogP contribution >= 0.6 is 0 Å². The molecule has 1 amide bonds. The minimum atomic E-state index is 0.112. The lowest BCUT2D eigenvalue weighted by molar-refractivity contribution is -0.127. The van der Waals surface area contributed by atoms with Crippen LogP contribution in [-0.2, 0) is 17.6 Å². The van der Waals surface area contributed by atoms with Crippen molar-refractivity contribution in [2.75, 3.05) is 19.7 Å². The number of allylic oxidation sites excluding steroid dienone is 1. The van der Waals surface area contributed by atoms with Crippen LogP contribution in [0.15, 0.2) is 22.6 Å². The number of piperidine rings is 1. The second kappa shape index (κ2) is 8.02. The Morgan fingerprint density at radius 1 is 1.29 bits per heavy atom. The number of aryl methyl sites for hydroxylation is 2. The van der Waals surface area contributed by atoms with E-state index < -0.39 is 0 Å². The second-order valence-corrected chi connectivity index (χ2v) is 8.35. The van der Waals surface area contributed by atoms with Gasteiger partial charge in [-0.05, 0) is 63.5 Å². The van der Waals surface area contributed by atoms with Crippen LogP contribution in [0.4, 0.5) is 0 Å². The first kappa shape index (κ1) is 19.1. The molecule has 28 heavy (non-hydrogen) atoms. The molecule has 1 aliphatic heterocycles. The Labute approximate surface area is 167 Å². The predicted octanol–water partition coefficient (Wildman–Crippen LogP) is 5.37. The van der Waals surface area contributed by atoms with Crippen LogP contribution in [0.3, 0.4) is 0 Å². The fourth-order valence-electron chi connectivity index (χ4n) is 4.62. The Kier molecular flexibility index (Phi) is 5.47. The maximum absolute atomic E-state index is 12.8. The topological polar surface area (TPSA) is 42.7 Å². The van der Waals surface area contributed by atoms with Gasteiger partial charge in [-0.3, -0.25) is 4.79 Å². The number of benzene rings is 1. The molecule has 0 bridgehead atoms. The third kappa shape index (κ3) is 3.69. The molecular formula is C24H31NO3. The normalized spacial score (nSPS) is 20.3. The van der Waals surface area contributed by atoms with Crippen molar-refractivity contribution in [3.8, 4) is 5.75 Å². The van der Waals surface area contributed by atoms with Crippen molar-refractivity contribution < 1.29 is 13.9 Å². The molecule has 2 heterocycles. The van der Waals surface area contributed by atoms with Crippen LogP contribution in [0, 0.1) is 5.92 Å². The molecule has 1 atom stereocenters. The van der Waals surface area contributed by atoms with Gasteiger partial charge >= 0.3 is 0 Å². The summed E-state index contributed by atoms with van der Waals surface area (Å²) < 4.78 is 12.0. The van der Waals surface area contributed by atoms with Crippen LogP contribution in [-0.4, -0.2) is 30.5 Å². The van der Waals surface area contributed by atoms with Crippen LogP contribution < -0.4 is 4.74 Å². The lowest BCUT2D eigenvalue weighted by atomic mass is 9.94. The van der Waals surface area contributed by atoms with E-state index in [0.29, 0.717) is 12.5 Å². The number of nitrogens with zero attached hydrogens (tertiary/aromatic N) is 1. The summed E-state index contributed by atoms with van der Waals surface area (Å²) in [7, 11) is 0. The van der Waals surface area contributed by atoms with E-state index in [-0.39, 0.29) is 5.91 Å². The average molecular weight is 382 g/mol. The van der Waals surface area contributed by atoms with Crippen molar-refractivity contribution in [1.82, 2.24) is 4.90 Å². The van der Waals surface area contributed by atoms with E-state index in [0.717, 1.165) is 60.6 Å². The molecule has 0 spiro atoms. The minimum absolute atomic E-state index is 0.112. The molecule has 0 radical (unpaired) electrons. The summed E-state index contributed by atoms with van der Waals surface area (Å²) in [5.41, 5.74) is 4.21. The maximum atomic E-state index is 12.8. The van der Waals surface area contributed by atoms with Crippen LogP contribution in [0.5, 0.6) is 5.75 Å². The van der Waals surface area contributed by atoms with E-state index in [2.05, 4.69) is 13.0 Å². The molecular weight excluding hydrogens is 350 g/mol. The molecule has 2 aliphatic rings. The molecule has 4 rings (SSSR count). The van der Waals surface area contributed by atoms with Gasteiger partial charge in [0.15, 0.2) is 0 Å². The summed E-state index contributed by atoms with van der Waals surface area (Å²) in [6.45, 7) is 8.53. The van der Waals surface area contributed by atoms with E-state index in [1.54, 1.807) is 6.08 Å². The van der Waals surface area contributed by atoms with Gasteiger partial charge in [0.2, 0.25) is 5.91 Å². The molecule has 0 saturated carbocycles. The maximum Gasteiger partial charge on any atom is 0.246 e. The first-order valence-electron chi connectivity index (χ1n) is 10.8. The van der Waals surface area contributed by atoms with Gasteiger partial charge in [0.1, 0.15) is 17.1 Å². The number of fused-ring (bicyclic) bond motifs is 3. The van der Waals surface area contributed by atoms with Crippen molar-refractivity contribution in [2.45, 2.75) is 59.3 Å². The molecule has 1 saturated heterocycles. The number of hydrogen-bond acceptors (Lipinski definition) is 3. The number of carbonyl (C=O) groups is 1. The zero-order valence-corrected chi connectivity index (χ0v) is 17.3. The Balaban J connectivity index is 1.70. The molecule has 1 aliphatic carbocycles. The predicted molar refractivity (Wildman–Crippen MR) is 113 cm³/mol. The van der Waals surface area contributed by atoms with Crippen molar-refractivity contribution >= 4 is 22.4 Å². The van der Waals surface area contributed by atoms with Crippen LogP contribution in [0.1, 0.15) is 63.3 Å². The van der Waals surface area contributed by atoms with Crippen LogP contribution in [0.25, 0.3) is 16.5 Å². The van der Waals surface area contributed by atoms with Crippen molar-refractivity contribution in [1.29, 1.82) is 0 Å². The zero-order chi connectivity index (χ0) is 19.7. The molecule has 0 N–H and O–H groups in total. The van der Waals surface area contributed by atoms with Gasteiger partial charge in [-0.25, -0.2) is 0 Å². The van der Waals surface area contributed by atoms with Gasteiger partial charge in [0.25, 0.3) is 0 Å². The summed E-state index contributed by atoms with van der Waals surface area (Å²) in [5.74, 6) is 2.62. The van der Waals surface area contributed by atoms with Gasteiger partial charge in [-0.1, -0.05) is 6.92 Å². The Morgan fingerprint density at radius 3 is 2.89 bits per heavy atom. The van der Waals surface area contributed by atoms with E-state index in [1.807, 2.05) is 24.8 Å². The average Bonchev–Trinajstić information content (AvgIpc) is 3.05. The number of hydrogen-bond donors (Lipinski definition) is 0. The fraction of sp³-hybridized carbons (Fsp3) is 0.542. The Hall–Kier alpha value is -2.23. The Morgan fingerprint density at radius 2 is 2.11 bits per heavy atom. The molecule has 1 aromatic carbocycles. The molecule has 1 unspecified atom stereocenters. The van der Waals surface area contributed by atoms with Crippen molar-refractivity contribution in [3.05, 3.63) is 35.1 Å². The van der Waals surface area contributed by atoms with Crippen LogP contribution in [0.2, 0.25) is 0 Å². The van der Waals surface area contributed by atoms with Gasteiger partial charge in [-0.2, -0.15) is 0 Å². The molecule has 4 heteroatoms. The fourth-order valence-corrected chi connectivity index (χ4v) is 4.62. The molecule has 2 aromatic rings. The van der Waals surface area contributed by atoms with Gasteiger partial charge < -0.3 is 14.1 Å². The highest BCUT2D eigenvalue weighted by atomic mass is 16.5. The first-order chi connectivity index (χ1) is 13.6. The second-order valence-electron chi connectivity index (χ2n) is 8.35. The highest BCUT2D eigenvalue weighted by Crippen LogP contribution is 2.38. The number of ether oxygens (including phenoxy) is 1. The Bertz CT molecular complexity index is 908. The zero-order valence-electron chi connectivity index (χ0n) is 17.3. The summed E-state index contributed by atoms with van der Waals surface area (Å²) in [6, 6.07) is 4.18. The van der Waals surface area contributed by atoms with Gasteiger partial charge in [0, 0.05) is 48.2 Å². The first-order valence-corrected chi connectivity index (χ1v) is 10.8. The van der Waals surface area contributed by atoms with E-state index in [1.165, 1.54) is 30.2 Å². The number of likely N-dealkylation sites (tertiary alicyclic amines) is 1. The minimum Gasteiger partial charge on any atom is -0.493 e. The molecule has 1 fully saturated rings. The third-order valence-corrected chi connectivity index (χ3v) is 6.09. The van der Waals surface area contributed by atoms with E-state index in [9.17, 15) is 4.79 Å². The quantitative estimate of drug-likeness (QED) is 0.669. The monoisotopic (exact) mass is 381 g/mol. The van der Waals surface area contributed by atoms with Crippen molar-refractivity contribution in [3.63, 3.8) is 0 Å². The van der Waals surface area contributed by atoms with E-state index in [4.69, 9.17) is 9.15 Å². The number of furan rings is 1. The standard InChI is InChI=1S/C24H31NO3/c1-4-27-22-14-23-20(18-9-5-6-10-21(18)28-23)13-19(22)17(3)12-24(26)25-11-7-8-16(2)15-25/h12-14,16H,4-11,15H2,1-3H3/b17-12+. The van der Waals surface area contributed by atoms with Crippen molar-refractivity contribution in [2.24, 2.45) is 5.92 Å². The lowest BCUT2D eigenvalue weighted by Crippen LogP contribution is -2.38. The number of amides is 1. The summed E-state index contributed by atoms with van der Waals surface area (Å²) in [4.78, 5) is 14.8. The SMILES string of the molecule is CCOc1cc2oc3c(c2cc1/C(C)=C/C(=O)N1CCCC(C)C1)CCCC3. The number of rotatable bonds is 4. The lowest BCUT2D eigenvalue weighted by Gasteiger charge is -2.30. The highest BCUT2D eigenvalue weighted by molar-refractivity contribution is 5.97. The molecule has 4 nitrogen and oxygen atoms in total. The van der Waals surface area contributed by atoms with Gasteiger partial charge in [0.05, 0.1) is 6.61 Å². The molecule has 1 aromatic heterocycles. The molecule has 150 valence electrons. The smallest absolute Gasteiger partial charge is 0.246 e. The number of carbonyl (C=O) groups excluding carboxylic acids is 1. The summed E-state index contributed by atoms with van der Waals surface area (Å²) in [6.07, 6.45) is 8.59. The summed E-state index contributed by atoms with van der Waals surface area (Å²) in [5, 5.41) is 1.18. The largest absolute Gasteiger partial charge is 0.493 e. The third-order valence-electron chi connectivity index (χ3n) is 6.09. The summed E-state index contributed by atoms with van der Waals surface area (Å²) >= 11 is 0.